The van der Waals surface area contributed by atoms with Crippen LogP contribution in [0.4, 0.5) is 4.79 Å². The molecule has 0 radical (unpaired) electrons. The smallest absolute Gasteiger partial charge is 0.419 e. The fourth-order valence-electron chi connectivity index (χ4n) is 2.47. The number of carbonyl (C=O) groups excluding carboxylic acids is 1. The minimum Gasteiger partial charge on any atom is -0.444 e. The van der Waals surface area contributed by atoms with Crippen molar-refractivity contribution in [1.82, 2.24) is 4.57 Å². The number of aryl methyl sites for hydroxylation is 1. The van der Waals surface area contributed by atoms with Gasteiger partial charge in [-0.05, 0) is 24.1 Å². The zero-order chi connectivity index (χ0) is 14.7. The molecule has 1 aromatic heterocycles. The van der Waals surface area contributed by atoms with Crippen LogP contribution in [0.2, 0.25) is 0 Å². The van der Waals surface area contributed by atoms with E-state index in [0.717, 1.165) is 28.6 Å². The van der Waals surface area contributed by atoms with Gasteiger partial charge in [0.25, 0.3) is 0 Å². The van der Waals surface area contributed by atoms with E-state index in [9.17, 15) is 4.79 Å². The summed E-state index contributed by atoms with van der Waals surface area (Å²) in [6.45, 7) is 2.32. The molecular weight excluding hydrogens is 262 g/mol. The average Bonchev–Trinajstić information content (AvgIpc) is 2.92. The first kappa shape index (κ1) is 13.4. The standard InChI is InChI=1S/C18H17NO2/c1-2-16-12-15-10-6-7-11-17(15)19(16)18(20)21-13-14-8-4-3-5-9-14/h3-12H,2,13H2,1H3. The van der Waals surface area contributed by atoms with E-state index in [2.05, 4.69) is 0 Å². The molecule has 0 bridgehead atoms. The summed E-state index contributed by atoms with van der Waals surface area (Å²) in [4.78, 5) is 12.4. The Hall–Kier alpha value is -2.55. The molecule has 0 atom stereocenters. The molecule has 0 fully saturated rings. The molecule has 2 aromatic carbocycles. The molecule has 0 spiro atoms. The van der Waals surface area contributed by atoms with Gasteiger partial charge in [0.05, 0.1) is 5.52 Å². The summed E-state index contributed by atoms with van der Waals surface area (Å²) in [6, 6.07) is 19.6. The lowest BCUT2D eigenvalue weighted by Crippen LogP contribution is -2.15. The van der Waals surface area contributed by atoms with E-state index < -0.39 is 0 Å². The Balaban J connectivity index is 1.87. The van der Waals surface area contributed by atoms with Crippen LogP contribution < -0.4 is 0 Å². The SMILES string of the molecule is CCc1cc2ccccc2n1C(=O)OCc1ccccc1. The average molecular weight is 279 g/mol. The molecule has 1 heterocycles. The van der Waals surface area contributed by atoms with Crippen molar-refractivity contribution in [1.29, 1.82) is 0 Å². The van der Waals surface area contributed by atoms with E-state index in [0.29, 0.717) is 0 Å². The summed E-state index contributed by atoms with van der Waals surface area (Å²) in [5.41, 5.74) is 2.85. The number of rotatable bonds is 3. The van der Waals surface area contributed by atoms with Gasteiger partial charge in [-0.1, -0.05) is 55.5 Å². The maximum atomic E-state index is 12.4. The van der Waals surface area contributed by atoms with Crippen LogP contribution in [0.5, 0.6) is 0 Å². The number of nitrogens with zero attached hydrogens (tertiary/aromatic N) is 1. The molecule has 3 rings (SSSR count). The van der Waals surface area contributed by atoms with Gasteiger partial charge < -0.3 is 4.74 Å². The van der Waals surface area contributed by atoms with E-state index in [1.54, 1.807) is 4.57 Å². The summed E-state index contributed by atoms with van der Waals surface area (Å²) in [5, 5.41) is 1.06. The highest BCUT2D eigenvalue weighted by atomic mass is 16.5. The molecule has 0 aliphatic rings. The number of benzene rings is 2. The largest absolute Gasteiger partial charge is 0.444 e. The minimum atomic E-state index is -0.322. The first-order valence-corrected chi connectivity index (χ1v) is 7.10. The number of ether oxygens (including phenoxy) is 1. The highest BCUT2D eigenvalue weighted by Crippen LogP contribution is 2.20. The second kappa shape index (κ2) is 5.83. The fourth-order valence-corrected chi connectivity index (χ4v) is 2.47. The van der Waals surface area contributed by atoms with Gasteiger partial charge in [0.2, 0.25) is 0 Å². The number of fused-ring (bicyclic) bond motifs is 1. The monoisotopic (exact) mass is 279 g/mol. The van der Waals surface area contributed by atoms with Crippen LogP contribution in [0.15, 0.2) is 60.7 Å². The Morgan fingerprint density at radius 2 is 1.76 bits per heavy atom. The Bertz CT molecular complexity index is 759. The Morgan fingerprint density at radius 1 is 1.05 bits per heavy atom. The van der Waals surface area contributed by atoms with Gasteiger partial charge in [0.1, 0.15) is 6.61 Å². The van der Waals surface area contributed by atoms with Crippen molar-refractivity contribution in [3.05, 3.63) is 71.9 Å². The lowest BCUT2D eigenvalue weighted by atomic mass is 10.2. The third kappa shape index (κ3) is 2.68. The van der Waals surface area contributed by atoms with Gasteiger partial charge in [-0.25, -0.2) is 9.36 Å². The number of carbonyl (C=O) groups is 1. The zero-order valence-electron chi connectivity index (χ0n) is 12.0. The van der Waals surface area contributed by atoms with Crippen molar-refractivity contribution in [3.63, 3.8) is 0 Å². The molecule has 3 aromatic rings. The van der Waals surface area contributed by atoms with E-state index in [1.807, 2.05) is 67.6 Å². The summed E-state index contributed by atoms with van der Waals surface area (Å²) in [7, 11) is 0. The number of aromatic nitrogens is 1. The van der Waals surface area contributed by atoms with Crippen molar-refractivity contribution in [2.45, 2.75) is 20.0 Å². The molecule has 0 aliphatic carbocycles. The number of para-hydroxylation sites is 1. The van der Waals surface area contributed by atoms with Gasteiger partial charge in [0.15, 0.2) is 0 Å². The second-order valence-corrected chi connectivity index (χ2v) is 4.92. The second-order valence-electron chi connectivity index (χ2n) is 4.92. The quantitative estimate of drug-likeness (QED) is 0.712. The summed E-state index contributed by atoms with van der Waals surface area (Å²) in [5.74, 6) is 0. The van der Waals surface area contributed by atoms with Gasteiger partial charge >= 0.3 is 6.09 Å². The Labute approximate surface area is 123 Å². The molecule has 0 unspecified atom stereocenters. The van der Waals surface area contributed by atoms with Crippen molar-refractivity contribution in [3.8, 4) is 0 Å². The number of hydrogen-bond acceptors (Lipinski definition) is 2. The van der Waals surface area contributed by atoms with Gasteiger partial charge in [0, 0.05) is 11.1 Å². The van der Waals surface area contributed by atoms with Crippen LogP contribution in [0.25, 0.3) is 10.9 Å². The predicted octanol–water partition coefficient (Wildman–Crippen LogP) is 4.39. The van der Waals surface area contributed by atoms with E-state index in [-0.39, 0.29) is 12.7 Å². The van der Waals surface area contributed by atoms with Crippen LogP contribution >= 0.6 is 0 Å². The molecule has 3 nitrogen and oxygen atoms in total. The van der Waals surface area contributed by atoms with Crippen molar-refractivity contribution in [2.24, 2.45) is 0 Å². The fraction of sp³-hybridized carbons (Fsp3) is 0.167. The summed E-state index contributed by atoms with van der Waals surface area (Å²) < 4.78 is 7.11. The van der Waals surface area contributed by atoms with E-state index in [4.69, 9.17) is 4.74 Å². The lowest BCUT2D eigenvalue weighted by Gasteiger charge is -2.09. The lowest BCUT2D eigenvalue weighted by molar-refractivity contribution is 0.141. The summed E-state index contributed by atoms with van der Waals surface area (Å²) >= 11 is 0. The predicted molar refractivity (Wildman–Crippen MR) is 83.3 cm³/mol. The van der Waals surface area contributed by atoms with Gasteiger partial charge in [-0.2, -0.15) is 0 Å². The molecule has 0 N–H and O–H groups in total. The van der Waals surface area contributed by atoms with E-state index >= 15 is 0 Å². The highest BCUT2D eigenvalue weighted by Gasteiger charge is 2.14. The topological polar surface area (TPSA) is 31.2 Å². The van der Waals surface area contributed by atoms with Gasteiger partial charge in [-0.3, -0.25) is 0 Å². The minimum absolute atomic E-state index is 0.287. The maximum Gasteiger partial charge on any atom is 0.419 e. The molecule has 0 saturated carbocycles. The molecule has 21 heavy (non-hydrogen) atoms. The zero-order valence-corrected chi connectivity index (χ0v) is 12.0. The third-order valence-corrected chi connectivity index (χ3v) is 3.54. The first-order chi connectivity index (χ1) is 10.3. The van der Waals surface area contributed by atoms with Crippen LogP contribution in [0.1, 0.15) is 18.2 Å². The Kier molecular flexibility index (Phi) is 3.73. The third-order valence-electron chi connectivity index (χ3n) is 3.54. The Morgan fingerprint density at radius 3 is 2.52 bits per heavy atom. The molecular formula is C18H17NO2. The highest BCUT2D eigenvalue weighted by molar-refractivity contribution is 5.90. The van der Waals surface area contributed by atoms with Crippen LogP contribution in [0, 0.1) is 0 Å². The molecule has 3 heteroatoms. The first-order valence-electron chi connectivity index (χ1n) is 7.10. The van der Waals surface area contributed by atoms with Gasteiger partial charge in [-0.15, -0.1) is 0 Å². The van der Waals surface area contributed by atoms with Crippen molar-refractivity contribution < 1.29 is 9.53 Å². The summed E-state index contributed by atoms with van der Waals surface area (Å²) in [6.07, 6.45) is 0.465. The molecule has 0 saturated heterocycles. The molecule has 0 aliphatic heterocycles. The van der Waals surface area contributed by atoms with Crippen LogP contribution in [-0.2, 0) is 17.8 Å². The molecule has 0 amide bonds. The van der Waals surface area contributed by atoms with Crippen LogP contribution in [-0.4, -0.2) is 10.7 Å². The van der Waals surface area contributed by atoms with Crippen molar-refractivity contribution in [2.75, 3.05) is 0 Å². The van der Waals surface area contributed by atoms with Crippen LogP contribution in [0.3, 0.4) is 0 Å². The normalized spacial score (nSPS) is 10.7. The number of hydrogen-bond donors (Lipinski definition) is 0. The maximum absolute atomic E-state index is 12.4. The van der Waals surface area contributed by atoms with E-state index in [1.165, 1.54) is 0 Å². The molecule has 106 valence electrons. The van der Waals surface area contributed by atoms with Crippen molar-refractivity contribution >= 4 is 17.0 Å².